The second-order valence-corrected chi connectivity index (χ2v) is 13.7. The summed E-state index contributed by atoms with van der Waals surface area (Å²) in [7, 11) is 0. The van der Waals surface area contributed by atoms with Gasteiger partial charge in [-0.3, -0.25) is 11.1 Å². The Kier molecular flexibility index (Phi) is 8.53. The quantitative estimate of drug-likeness (QED) is 0.211. The van der Waals surface area contributed by atoms with Crippen molar-refractivity contribution in [3.05, 3.63) is 63.5 Å². The third-order valence-corrected chi connectivity index (χ3v) is 11.0. The molecule has 217 valence electrons. The molecule has 7 rings (SSSR count). The maximum Gasteiger partial charge on any atom is 0.171 e. The van der Waals surface area contributed by atoms with Crippen LogP contribution < -0.4 is 0 Å². The number of hydrogen-bond acceptors (Lipinski definition) is 3. The van der Waals surface area contributed by atoms with Crippen LogP contribution in [0.2, 0.25) is 0 Å². The number of thioether (sulfide) groups is 1. The number of rotatable bonds is 2. The first-order valence-corrected chi connectivity index (χ1v) is 16.0. The third kappa shape index (κ3) is 6.30. The van der Waals surface area contributed by atoms with Crippen LogP contribution in [0.15, 0.2) is 45.3 Å². The first kappa shape index (κ1) is 25.7. The Morgan fingerprint density at radius 1 is 1.15 bits per heavy atom. The van der Waals surface area contributed by atoms with E-state index in [0.29, 0.717) is 35.1 Å². The molecule has 2 saturated heterocycles. The van der Waals surface area contributed by atoms with Crippen molar-refractivity contribution in [3.8, 4) is 0 Å². The molecule has 8 atom stereocenters. The van der Waals surface area contributed by atoms with Crippen molar-refractivity contribution in [2.45, 2.75) is 115 Å². The van der Waals surface area contributed by atoms with E-state index in [-0.39, 0.29) is 37.7 Å². The van der Waals surface area contributed by atoms with E-state index in [1.54, 1.807) is 0 Å². The van der Waals surface area contributed by atoms with Gasteiger partial charge in [0.15, 0.2) is 6.23 Å². The Balaban J connectivity index is 0.000000212. The van der Waals surface area contributed by atoms with E-state index in [2.05, 4.69) is 55.7 Å². The molecule has 0 spiro atoms. The summed E-state index contributed by atoms with van der Waals surface area (Å²) in [6.07, 6.45) is 20.9. The van der Waals surface area contributed by atoms with E-state index >= 15 is 0 Å². The van der Waals surface area contributed by atoms with Gasteiger partial charge in [0.2, 0.25) is 0 Å². The maximum absolute atomic E-state index is 7.69. The number of aliphatic imine (C=N–C) groups is 1. The molecule has 4 nitrogen and oxygen atoms in total. The Bertz CT molecular complexity index is 1160. The van der Waals surface area contributed by atoms with Gasteiger partial charge in [0.1, 0.15) is 0 Å². The molecule has 0 amide bonds. The molecule has 2 fully saturated rings. The summed E-state index contributed by atoms with van der Waals surface area (Å²) in [6.45, 7) is 5.79. The molecule has 0 aromatic rings. The van der Waals surface area contributed by atoms with E-state index < -0.39 is 6.85 Å². The number of ether oxygens (including phenoxy) is 1. The van der Waals surface area contributed by atoms with Crippen molar-refractivity contribution in [1.82, 2.24) is 0 Å². The second-order valence-electron chi connectivity index (χ2n) is 12.2. The topological polar surface area (TPSA) is 49.8 Å². The van der Waals surface area contributed by atoms with E-state index in [9.17, 15) is 0 Å². The molecule has 0 bridgehead atoms. The van der Waals surface area contributed by atoms with E-state index in [4.69, 9.17) is 14.2 Å². The third-order valence-electron chi connectivity index (χ3n) is 9.49. The summed E-state index contributed by atoms with van der Waals surface area (Å²) in [5, 5.41) is 10.7. The summed E-state index contributed by atoms with van der Waals surface area (Å²) < 4.78 is 29.4. The van der Waals surface area contributed by atoms with E-state index in [1.807, 2.05) is 11.8 Å². The number of hydrogen-bond donors (Lipinski definition) is 0. The first-order valence-electron chi connectivity index (χ1n) is 16.5. The van der Waals surface area contributed by atoms with Crippen molar-refractivity contribution in [3.63, 3.8) is 0 Å². The van der Waals surface area contributed by atoms with E-state index in [1.165, 1.54) is 48.1 Å². The van der Waals surface area contributed by atoms with Gasteiger partial charge in [-0.05, 0) is 43.7 Å². The van der Waals surface area contributed by atoms with Gasteiger partial charge >= 0.3 is 0 Å². The summed E-state index contributed by atoms with van der Waals surface area (Å²) in [5.74, 6) is 3.11. The molecule has 0 aromatic carbocycles. The molecule has 7 aliphatic rings. The number of nitrogens with zero attached hydrogens (tertiary/aromatic N) is 3. The summed E-state index contributed by atoms with van der Waals surface area (Å²) in [4.78, 5) is 4.53. The predicted molar refractivity (Wildman–Crippen MR) is 160 cm³/mol. The Morgan fingerprint density at radius 2 is 2.05 bits per heavy atom. The van der Waals surface area contributed by atoms with Crippen molar-refractivity contribution >= 4 is 17.5 Å². The van der Waals surface area contributed by atoms with Gasteiger partial charge in [-0.2, -0.15) is 23.4 Å². The second kappa shape index (κ2) is 12.9. The SMILES string of the molecule is C[C@H]1CC=C(C2=[C-]CCCC2)[N-]C1.[2H]C([2H])([2H])C1=NC2OC3=C([C@H]4CC=C5[C@H]([N-]4)SC(C)[C@@H]5C)[CH-]CCC3C2CC1.[Ir]. The fraction of sp³-hybridized carbons (Fsp3) is 0.697. The Morgan fingerprint density at radius 3 is 2.82 bits per heavy atom. The van der Waals surface area contributed by atoms with Crippen LogP contribution in [0.25, 0.3) is 10.6 Å². The van der Waals surface area contributed by atoms with Gasteiger partial charge in [-0.25, -0.2) is 12.0 Å². The molecule has 39 heavy (non-hydrogen) atoms. The van der Waals surface area contributed by atoms with Crippen molar-refractivity contribution < 1.29 is 29.0 Å². The molecule has 5 aliphatic heterocycles. The van der Waals surface area contributed by atoms with Gasteiger partial charge in [0.25, 0.3) is 0 Å². The van der Waals surface area contributed by atoms with Crippen LogP contribution in [0.3, 0.4) is 0 Å². The zero-order valence-corrected chi connectivity index (χ0v) is 26.8. The van der Waals surface area contributed by atoms with Crippen LogP contribution >= 0.6 is 11.8 Å². The minimum atomic E-state index is -2.10. The fourth-order valence-electron chi connectivity index (χ4n) is 7.01. The van der Waals surface area contributed by atoms with Crippen molar-refractivity contribution in [2.24, 2.45) is 28.7 Å². The van der Waals surface area contributed by atoms with Crippen LogP contribution in [0, 0.1) is 36.2 Å². The summed E-state index contributed by atoms with van der Waals surface area (Å²) >= 11 is 1.98. The molecule has 0 N–H and O–H groups in total. The number of allylic oxidation sites excluding steroid dienone is 4. The molecule has 0 saturated carbocycles. The van der Waals surface area contributed by atoms with Gasteiger partial charge in [-0.15, -0.1) is 25.4 Å². The number of fused-ring (bicyclic) bond motifs is 4. The van der Waals surface area contributed by atoms with Crippen LogP contribution in [0.4, 0.5) is 0 Å². The van der Waals surface area contributed by atoms with Gasteiger partial charge in [0.05, 0.1) is 0 Å². The first-order chi connectivity index (χ1) is 19.7. The van der Waals surface area contributed by atoms with Crippen LogP contribution in [0.1, 0.15) is 95.9 Å². The van der Waals surface area contributed by atoms with Gasteiger partial charge in [0, 0.05) is 41.1 Å². The van der Waals surface area contributed by atoms with Crippen molar-refractivity contribution in [2.75, 3.05) is 6.54 Å². The van der Waals surface area contributed by atoms with Gasteiger partial charge < -0.3 is 21.1 Å². The largest absolute Gasteiger partial charge is 0.769 e. The molecule has 2 aliphatic carbocycles. The summed E-state index contributed by atoms with van der Waals surface area (Å²) in [5.41, 5.74) is 5.72. The molecule has 1 radical (unpaired) electrons. The molecular formula is C33H45IrN3OS-4. The molecule has 0 aromatic heterocycles. The monoisotopic (exact) mass is 727 g/mol. The normalized spacial score (nSPS) is 40.3. The average molecular weight is 727 g/mol. The van der Waals surface area contributed by atoms with Gasteiger partial charge in [-0.1, -0.05) is 75.8 Å². The predicted octanol–water partition coefficient (Wildman–Crippen LogP) is 8.84. The summed E-state index contributed by atoms with van der Waals surface area (Å²) in [6, 6.07) is 0.169. The zero-order valence-electron chi connectivity index (χ0n) is 26.6. The smallest absolute Gasteiger partial charge is 0.171 e. The van der Waals surface area contributed by atoms with Crippen LogP contribution in [0.5, 0.6) is 0 Å². The standard InChI is InChI=1S/C21H28N2OS.C12H17N.Ir/c1-11-7-8-16-15-5-4-6-17(19(15)24-20(16)22-11)18-10-9-14-12(2)13(3)25-21(14)23-18;1-10-7-8-12(13-9-10)11-5-3-2-4-6-11;/h6,9,12-13,15-16,18,20-21H,4-5,7-8,10H2,1-3H3;8,10H,2-5,7,9H2,1H3;/q2*-2;/t12-,13?,15?,16?,18+,20?,21+;10-;/m00./s1/i1D3;;. The van der Waals surface area contributed by atoms with Crippen LogP contribution in [-0.2, 0) is 24.8 Å². The Labute approximate surface area is 259 Å². The molecule has 4 unspecified atom stereocenters. The van der Waals surface area contributed by atoms with Crippen molar-refractivity contribution in [1.29, 1.82) is 0 Å². The molecule has 5 heterocycles. The Hall–Kier alpha value is -0.941. The molecular weight excluding hydrogens is 679 g/mol. The molecule has 6 heteroatoms. The van der Waals surface area contributed by atoms with Crippen LogP contribution in [-0.4, -0.2) is 35.1 Å². The van der Waals surface area contributed by atoms with E-state index in [0.717, 1.165) is 50.3 Å². The average Bonchev–Trinajstić information content (AvgIpc) is 3.49. The minimum absolute atomic E-state index is 0. The fourth-order valence-corrected chi connectivity index (χ4v) is 8.50. The minimum Gasteiger partial charge on any atom is -0.769 e. The maximum atomic E-state index is 7.69. The zero-order chi connectivity index (χ0) is 28.7.